The smallest absolute Gasteiger partial charge is 0.243 e. The molecule has 0 unspecified atom stereocenters. The molecule has 140 valence electrons. The van der Waals surface area contributed by atoms with E-state index in [1.165, 1.54) is 4.90 Å². The molecular formula is C19H25ClN4O2. The van der Waals surface area contributed by atoms with Crippen LogP contribution in [0.15, 0.2) is 52.1 Å². The molecule has 2 N–H and O–H groups in total. The number of hydrogen-bond acceptors (Lipinski definition) is 3. The molecule has 6 nitrogen and oxygen atoms in total. The normalized spacial score (nSPS) is 11.3. The Bertz CT molecular complexity index is 714. The lowest BCUT2D eigenvalue weighted by Gasteiger charge is -2.14. The van der Waals surface area contributed by atoms with Crippen molar-refractivity contribution in [1.29, 1.82) is 0 Å². The number of amides is 1. The van der Waals surface area contributed by atoms with E-state index in [1.807, 2.05) is 36.4 Å². The molecule has 0 saturated carbocycles. The van der Waals surface area contributed by atoms with E-state index >= 15 is 0 Å². The molecule has 0 fully saturated rings. The number of nitrogens with one attached hydrogen (secondary N) is 2. The van der Waals surface area contributed by atoms with Gasteiger partial charge in [-0.3, -0.25) is 4.79 Å². The Morgan fingerprint density at radius 2 is 1.85 bits per heavy atom. The Labute approximate surface area is 159 Å². The Morgan fingerprint density at radius 1 is 1.12 bits per heavy atom. The summed E-state index contributed by atoms with van der Waals surface area (Å²) < 4.78 is 5.32. The van der Waals surface area contributed by atoms with Gasteiger partial charge in [0.1, 0.15) is 12.3 Å². The minimum Gasteiger partial charge on any atom is -0.469 e. The summed E-state index contributed by atoms with van der Waals surface area (Å²) in [5.41, 5.74) is 1.07. The standard InChI is InChI=1S/C19H25ClN4O2/c1-24(2)18(25)14-23-19(22-12-10-16-7-5-13-26-16)21-11-9-15-6-3-4-8-17(15)20/h3-8,13H,9-12,14H2,1-2H3,(H2,21,22,23). The van der Waals surface area contributed by atoms with Crippen molar-refractivity contribution in [3.05, 3.63) is 59.0 Å². The van der Waals surface area contributed by atoms with E-state index in [2.05, 4.69) is 15.6 Å². The lowest BCUT2D eigenvalue weighted by atomic mass is 10.1. The van der Waals surface area contributed by atoms with Gasteiger partial charge in [-0.1, -0.05) is 29.8 Å². The van der Waals surface area contributed by atoms with Crippen LogP contribution in [0.4, 0.5) is 0 Å². The number of carbonyl (C=O) groups excluding carboxylic acids is 1. The lowest BCUT2D eigenvalue weighted by Crippen LogP contribution is -2.40. The molecule has 1 amide bonds. The van der Waals surface area contributed by atoms with E-state index in [4.69, 9.17) is 16.0 Å². The second-order valence-electron chi connectivity index (χ2n) is 5.98. The van der Waals surface area contributed by atoms with Crippen LogP contribution in [0.2, 0.25) is 5.02 Å². The molecule has 26 heavy (non-hydrogen) atoms. The lowest BCUT2D eigenvalue weighted by molar-refractivity contribution is -0.127. The third-order valence-corrected chi connectivity index (χ3v) is 4.13. The van der Waals surface area contributed by atoms with Gasteiger partial charge in [0.15, 0.2) is 5.96 Å². The number of guanidine groups is 1. The SMILES string of the molecule is CN(C)C(=O)CN=C(NCCc1ccco1)NCCc1ccccc1Cl. The maximum absolute atomic E-state index is 11.8. The zero-order valence-electron chi connectivity index (χ0n) is 15.2. The number of aliphatic imine (C=N–C) groups is 1. The number of halogens is 1. The number of carbonyl (C=O) groups is 1. The van der Waals surface area contributed by atoms with Crippen molar-refractivity contribution >= 4 is 23.5 Å². The fraction of sp³-hybridized carbons (Fsp3) is 0.368. The molecule has 0 saturated heterocycles. The summed E-state index contributed by atoms with van der Waals surface area (Å²) in [5.74, 6) is 1.44. The third-order valence-electron chi connectivity index (χ3n) is 3.76. The minimum absolute atomic E-state index is 0.0526. The zero-order valence-corrected chi connectivity index (χ0v) is 15.9. The molecule has 1 heterocycles. The van der Waals surface area contributed by atoms with Crippen molar-refractivity contribution in [2.75, 3.05) is 33.7 Å². The third kappa shape index (κ3) is 6.80. The fourth-order valence-corrected chi connectivity index (χ4v) is 2.47. The molecule has 0 radical (unpaired) electrons. The van der Waals surface area contributed by atoms with Crippen LogP contribution < -0.4 is 10.6 Å². The fourth-order valence-electron chi connectivity index (χ4n) is 2.24. The van der Waals surface area contributed by atoms with Gasteiger partial charge in [0, 0.05) is 38.6 Å². The van der Waals surface area contributed by atoms with Crippen LogP contribution in [0.3, 0.4) is 0 Å². The highest BCUT2D eigenvalue weighted by atomic mass is 35.5. The summed E-state index contributed by atoms with van der Waals surface area (Å²) in [6, 6.07) is 11.5. The van der Waals surface area contributed by atoms with Crippen molar-refractivity contribution in [3.63, 3.8) is 0 Å². The van der Waals surface area contributed by atoms with Crippen LogP contribution in [0, 0.1) is 0 Å². The van der Waals surface area contributed by atoms with Gasteiger partial charge in [-0.25, -0.2) is 4.99 Å². The minimum atomic E-state index is -0.0526. The van der Waals surface area contributed by atoms with E-state index in [0.717, 1.165) is 29.2 Å². The van der Waals surface area contributed by atoms with E-state index in [1.54, 1.807) is 20.4 Å². The number of rotatable bonds is 8. The molecule has 0 aliphatic rings. The van der Waals surface area contributed by atoms with E-state index < -0.39 is 0 Å². The first kappa shape index (κ1) is 19.8. The molecule has 0 spiro atoms. The predicted octanol–water partition coefficient (Wildman–Crippen LogP) is 2.34. The predicted molar refractivity (Wildman–Crippen MR) is 105 cm³/mol. The van der Waals surface area contributed by atoms with E-state index in [-0.39, 0.29) is 12.5 Å². The Balaban J connectivity index is 1.87. The van der Waals surface area contributed by atoms with Gasteiger partial charge in [0.2, 0.25) is 5.91 Å². The first-order chi connectivity index (χ1) is 12.6. The summed E-state index contributed by atoms with van der Waals surface area (Å²) in [7, 11) is 3.43. The van der Waals surface area contributed by atoms with Gasteiger partial charge in [0.25, 0.3) is 0 Å². The summed E-state index contributed by atoms with van der Waals surface area (Å²) in [6.45, 7) is 1.41. The summed E-state index contributed by atoms with van der Waals surface area (Å²) >= 11 is 6.18. The zero-order chi connectivity index (χ0) is 18.8. The number of nitrogens with zero attached hydrogens (tertiary/aromatic N) is 2. The Kier molecular flexibility index (Phi) is 8.02. The Hall–Kier alpha value is -2.47. The highest BCUT2D eigenvalue weighted by Crippen LogP contribution is 2.14. The average Bonchev–Trinajstić information content (AvgIpc) is 3.13. The van der Waals surface area contributed by atoms with Crippen LogP contribution >= 0.6 is 11.6 Å². The van der Waals surface area contributed by atoms with Crippen LogP contribution in [0.1, 0.15) is 11.3 Å². The quantitative estimate of drug-likeness (QED) is 0.548. The molecule has 1 aromatic carbocycles. The molecule has 0 atom stereocenters. The number of hydrogen-bond donors (Lipinski definition) is 2. The van der Waals surface area contributed by atoms with Gasteiger partial charge < -0.3 is 20.0 Å². The molecule has 2 rings (SSSR count). The van der Waals surface area contributed by atoms with Gasteiger partial charge in [-0.05, 0) is 30.2 Å². The van der Waals surface area contributed by atoms with Crippen molar-refractivity contribution in [2.45, 2.75) is 12.8 Å². The van der Waals surface area contributed by atoms with Crippen LogP contribution in [-0.4, -0.2) is 50.5 Å². The average molecular weight is 377 g/mol. The van der Waals surface area contributed by atoms with Crippen molar-refractivity contribution in [2.24, 2.45) is 4.99 Å². The molecule has 0 aliphatic heterocycles. The topological polar surface area (TPSA) is 69.9 Å². The molecule has 1 aromatic heterocycles. The van der Waals surface area contributed by atoms with Gasteiger partial charge in [-0.2, -0.15) is 0 Å². The van der Waals surface area contributed by atoms with E-state index in [0.29, 0.717) is 19.0 Å². The molecule has 2 aromatic rings. The van der Waals surface area contributed by atoms with Gasteiger partial charge in [0.05, 0.1) is 6.26 Å². The van der Waals surface area contributed by atoms with Crippen molar-refractivity contribution < 1.29 is 9.21 Å². The summed E-state index contributed by atoms with van der Waals surface area (Å²) in [4.78, 5) is 17.7. The number of benzene rings is 1. The molecular weight excluding hydrogens is 352 g/mol. The largest absolute Gasteiger partial charge is 0.469 e. The van der Waals surface area contributed by atoms with Crippen molar-refractivity contribution in [3.8, 4) is 0 Å². The van der Waals surface area contributed by atoms with Crippen LogP contribution in [0.25, 0.3) is 0 Å². The second-order valence-corrected chi connectivity index (χ2v) is 6.38. The Morgan fingerprint density at radius 3 is 2.50 bits per heavy atom. The maximum atomic E-state index is 11.8. The highest BCUT2D eigenvalue weighted by molar-refractivity contribution is 6.31. The number of likely N-dealkylation sites (N-methyl/N-ethyl adjacent to an activating group) is 1. The monoisotopic (exact) mass is 376 g/mol. The van der Waals surface area contributed by atoms with E-state index in [9.17, 15) is 4.79 Å². The highest BCUT2D eigenvalue weighted by Gasteiger charge is 2.06. The molecule has 0 bridgehead atoms. The van der Waals surface area contributed by atoms with Gasteiger partial charge >= 0.3 is 0 Å². The van der Waals surface area contributed by atoms with Crippen molar-refractivity contribution in [1.82, 2.24) is 15.5 Å². The van der Waals surface area contributed by atoms with Crippen LogP contribution in [0.5, 0.6) is 0 Å². The number of furan rings is 1. The second kappa shape index (κ2) is 10.5. The summed E-state index contributed by atoms with van der Waals surface area (Å²) in [5, 5.41) is 7.23. The van der Waals surface area contributed by atoms with Gasteiger partial charge in [-0.15, -0.1) is 0 Å². The first-order valence-electron chi connectivity index (χ1n) is 8.54. The first-order valence-corrected chi connectivity index (χ1v) is 8.92. The molecule has 0 aliphatic carbocycles. The van der Waals surface area contributed by atoms with Crippen LogP contribution in [-0.2, 0) is 17.6 Å². The summed E-state index contributed by atoms with van der Waals surface area (Å²) in [6.07, 6.45) is 3.15. The maximum Gasteiger partial charge on any atom is 0.243 e. The molecule has 7 heteroatoms.